The number of carboxylic acids is 1. The molecule has 90 valence electrons. The van der Waals surface area contributed by atoms with Gasteiger partial charge in [0.2, 0.25) is 0 Å². The van der Waals surface area contributed by atoms with E-state index in [0.717, 1.165) is 24.7 Å². The Bertz CT molecular complexity index is 312. The van der Waals surface area contributed by atoms with Crippen LogP contribution in [-0.2, 0) is 4.79 Å². The second-order valence-electron chi connectivity index (χ2n) is 6.72. The molecule has 0 saturated heterocycles. The van der Waals surface area contributed by atoms with E-state index in [1.165, 1.54) is 32.1 Å². The fourth-order valence-electron chi connectivity index (χ4n) is 5.19. The van der Waals surface area contributed by atoms with Crippen LogP contribution in [0.4, 0.5) is 0 Å². The Kier molecular flexibility index (Phi) is 2.13. The number of hydrogen-bond acceptors (Lipinski definition) is 2. The van der Waals surface area contributed by atoms with Crippen LogP contribution in [0.2, 0.25) is 0 Å². The van der Waals surface area contributed by atoms with E-state index < -0.39 is 5.97 Å². The van der Waals surface area contributed by atoms with Crippen LogP contribution in [0.1, 0.15) is 51.4 Å². The lowest BCUT2D eigenvalue weighted by Gasteiger charge is -2.61. The number of carbonyl (C=O) groups is 1. The molecule has 4 aliphatic rings. The van der Waals surface area contributed by atoms with Gasteiger partial charge in [-0.05, 0) is 62.2 Å². The second-order valence-corrected chi connectivity index (χ2v) is 6.72. The van der Waals surface area contributed by atoms with Gasteiger partial charge in [-0.3, -0.25) is 4.79 Å². The van der Waals surface area contributed by atoms with E-state index in [0.29, 0.717) is 6.42 Å². The molecule has 3 heteroatoms. The molecule has 4 aliphatic carbocycles. The summed E-state index contributed by atoms with van der Waals surface area (Å²) < 4.78 is 0. The van der Waals surface area contributed by atoms with Crippen molar-refractivity contribution in [1.82, 2.24) is 0 Å². The topological polar surface area (TPSA) is 63.3 Å². The third kappa shape index (κ3) is 1.65. The molecule has 3 nitrogen and oxygen atoms in total. The van der Waals surface area contributed by atoms with Crippen LogP contribution >= 0.6 is 0 Å². The number of rotatable bonds is 3. The zero-order chi connectivity index (χ0) is 11.4. The van der Waals surface area contributed by atoms with Gasteiger partial charge in [0.25, 0.3) is 0 Å². The van der Waals surface area contributed by atoms with Crippen molar-refractivity contribution in [2.24, 2.45) is 23.0 Å². The van der Waals surface area contributed by atoms with E-state index in [1.807, 2.05) is 0 Å². The minimum absolute atomic E-state index is 0.0581. The van der Waals surface area contributed by atoms with Crippen molar-refractivity contribution in [2.45, 2.75) is 56.9 Å². The molecule has 0 aliphatic heterocycles. The van der Waals surface area contributed by atoms with Crippen molar-refractivity contribution < 1.29 is 9.90 Å². The Balaban J connectivity index is 1.78. The summed E-state index contributed by atoms with van der Waals surface area (Å²) in [5.41, 5.74) is 6.81. The maximum absolute atomic E-state index is 10.7. The molecule has 0 spiro atoms. The molecule has 4 rings (SSSR count). The summed E-state index contributed by atoms with van der Waals surface area (Å²) >= 11 is 0. The Labute approximate surface area is 96.4 Å². The molecular formula is C13H21NO2. The molecule has 3 N–H and O–H groups in total. The lowest BCUT2D eigenvalue weighted by Crippen LogP contribution is -2.60. The number of carboxylic acid groups (broad SMARTS) is 1. The van der Waals surface area contributed by atoms with Crippen molar-refractivity contribution in [2.75, 3.05) is 0 Å². The molecule has 4 atom stereocenters. The predicted molar refractivity (Wildman–Crippen MR) is 60.9 cm³/mol. The molecule has 4 fully saturated rings. The summed E-state index contributed by atoms with van der Waals surface area (Å²) in [4.78, 5) is 10.7. The highest BCUT2D eigenvalue weighted by atomic mass is 16.4. The maximum atomic E-state index is 10.7. The molecule has 0 aromatic heterocycles. The van der Waals surface area contributed by atoms with E-state index in [1.54, 1.807) is 0 Å². The van der Waals surface area contributed by atoms with Crippen LogP contribution in [0.5, 0.6) is 0 Å². The third-order valence-electron chi connectivity index (χ3n) is 5.10. The van der Waals surface area contributed by atoms with Crippen molar-refractivity contribution in [1.29, 1.82) is 0 Å². The largest absolute Gasteiger partial charge is 0.481 e. The molecule has 0 aromatic carbocycles. The fourth-order valence-corrected chi connectivity index (χ4v) is 5.19. The molecule has 0 heterocycles. The first-order chi connectivity index (χ1) is 7.49. The summed E-state index contributed by atoms with van der Waals surface area (Å²) in [6, 6.07) is 0. The summed E-state index contributed by atoms with van der Waals surface area (Å²) in [6.45, 7) is 0. The fraction of sp³-hybridized carbons (Fsp3) is 0.923. The van der Waals surface area contributed by atoms with Gasteiger partial charge in [-0.1, -0.05) is 0 Å². The van der Waals surface area contributed by atoms with Crippen LogP contribution in [0.3, 0.4) is 0 Å². The van der Waals surface area contributed by atoms with Gasteiger partial charge in [0, 0.05) is 12.0 Å². The van der Waals surface area contributed by atoms with E-state index in [9.17, 15) is 4.79 Å². The summed E-state index contributed by atoms with van der Waals surface area (Å²) in [5, 5.41) is 8.85. The van der Waals surface area contributed by atoms with Gasteiger partial charge in [0.15, 0.2) is 0 Å². The van der Waals surface area contributed by atoms with Crippen LogP contribution in [-0.4, -0.2) is 16.6 Å². The van der Waals surface area contributed by atoms with Crippen molar-refractivity contribution in [3.8, 4) is 0 Å². The maximum Gasteiger partial charge on any atom is 0.303 e. The molecule has 0 amide bonds. The average molecular weight is 223 g/mol. The highest BCUT2D eigenvalue weighted by molar-refractivity contribution is 5.66. The average Bonchev–Trinajstić information content (AvgIpc) is 2.10. The van der Waals surface area contributed by atoms with Crippen LogP contribution in [0, 0.1) is 17.3 Å². The predicted octanol–water partition coefficient (Wildman–Crippen LogP) is 2.15. The van der Waals surface area contributed by atoms with Gasteiger partial charge in [-0.15, -0.1) is 0 Å². The smallest absolute Gasteiger partial charge is 0.303 e. The SMILES string of the molecule is NC12C[C@H]3C[C@@H](C1)CC(CCC(=O)O)(C3)C2. The Morgan fingerprint density at radius 3 is 2.38 bits per heavy atom. The summed E-state index contributed by atoms with van der Waals surface area (Å²) in [7, 11) is 0. The minimum atomic E-state index is -0.651. The van der Waals surface area contributed by atoms with Crippen LogP contribution in [0.25, 0.3) is 0 Å². The lowest BCUT2D eigenvalue weighted by atomic mass is 9.46. The van der Waals surface area contributed by atoms with Gasteiger partial charge >= 0.3 is 5.97 Å². The molecule has 0 radical (unpaired) electrons. The first-order valence-electron chi connectivity index (χ1n) is 6.49. The molecule has 2 unspecified atom stereocenters. The first kappa shape index (κ1) is 10.6. The van der Waals surface area contributed by atoms with E-state index in [2.05, 4.69) is 0 Å². The van der Waals surface area contributed by atoms with Crippen LogP contribution < -0.4 is 5.73 Å². The van der Waals surface area contributed by atoms with E-state index in [4.69, 9.17) is 10.8 Å². The number of nitrogens with two attached hydrogens (primary N) is 1. The van der Waals surface area contributed by atoms with Gasteiger partial charge in [0.1, 0.15) is 0 Å². The summed E-state index contributed by atoms with van der Waals surface area (Å²) in [5.74, 6) is 0.932. The van der Waals surface area contributed by atoms with Gasteiger partial charge in [0.05, 0.1) is 0 Å². The highest BCUT2D eigenvalue weighted by Crippen LogP contribution is 2.62. The van der Waals surface area contributed by atoms with Gasteiger partial charge in [-0.2, -0.15) is 0 Å². The standard InChI is InChI=1S/C13H21NO2/c14-13-6-9-3-10(7-13)5-12(4-9,8-13)2-1-11(15)16/h9-10H,1-8,14H2,(H,15,16)/t9-,10+,12?,13?. The Morgan fingerprint density at radius 1 is 1.25 bits per heavy atom. The second kappa shape index (κ2) is 3.22. The van der Waals surface area contributed by atoms with Crippen molar-refractivity contribution in [3.05, 3.63) is 0 Å². The number of aliphatic carboxylic acids is 1. The molecule has 16 heavy (non-hydrogen) atoms. The Morgan fingerprint density at radius 2 is 1.88 bits per heavy atom. The normalized spacial score (nSPS) is 49.6. The lowest BCUT2D eigenvalue weighted by molar-refractivity contribution is -0.139. The monoisotopic (exact) mass is 223 g/mol. The van der Waals surface area contributed by atoms with Crippen LogP contribution in [0.15, 0.2) is 0 Å². The quantitative estimate of drug-likeness (QED) is 0.770. The summed E-state index contributed by atoms with van der Waals surface area (Å²) in [6.07, 6.45) is 8.50. The minimum Gasteiger partial charge on any atom is -0.481 e. The Hall–Kier alpha value is -0.570. The molecular weight excluding hydrogens is 202 g/mol. The molecule has 4 bridgehead atoms. The first-order valence-corrected chi connectivity index (χ1v) is 6.49. The van der Waals surface area contributed by atoms with Gasteiger partial charge in [-0.25, -0.2) is 0 Å². The van der Waals surface area contributed by atoms with E-state index >= 15 is 0 Å². The molecule has 0 aromatic rings. The zero-order valence-electron chi connectivity index (χ0n) is 9.74. The van der Waals surface area contributed by atoms with Gasteiger partial charge < -0.3 is 10.8 Å². The van der Waals surface area contributed by atoms with Crippen molar-refractivity contribution >= 4 is 5.97 Å². The van der Waals surface area contributed by atoms with E-state index in [-0.39, 0.29) is 11.0 Å². The number of hydrogen-bond donors (Lipinski definition) is 2. The van der Waals surface area contributed by atoms with Crippen molar-refractivity contribution in [3.63, 3.8) is 0 Å². The zero-order valence-corrected chi connectivity index (χ0v) is 9.74. The molecule has 4 saturated carbocycles. The third-order valence-corrected chi connectivity index (χ3v) is 5.10. The highest BCUT2D eigenvalue weighted by Gasteiger charge is 2.55.